The number of ether oxygens (including phenoxy) is 1. The van der Waals surface area contributed by atoms with Crippen molar-refractivity contribution in [3.8, 4) is 0 Å². The molecule has 2 rings (SSSR count). The van der Waals surface area contributed by atoms with Gasteiger partial charge in [-0.25, -0.2) is 0 Å². The van der Waals surface area contributed by atoms with Gasteiger partial charge in [-0.3, -0.25) is 4.79 Å². The summed E-state index contributed by atoms with van der Waals surface area (Å²) in [6.07, 6.45) is 2.35. The third-order valence-electron chi connectivity index (χ3n) is 4.39. The topological polar surface area (TPSA) is 64.3 Å². The lowest BCUT2D eigenvalue weighted by atomic mass is 9.64. The molecular weight excluding hydrogens is 252 g/mol. The molecule has 0 saturated heterocycles. The zero-order chi connectivity index (χ0) is 14.8. The molecule has 2 atom stereocenters. The molecule has 4 heteroatoms. The average Bonchev–Trinajstić information content (AvgIpc) is 2.41. The normalized spacial score (nSPS) is 23.9. The molecule has 2 unspecified atom stereocenters. The molecule has 4 nitrogen and oxygen atoms in total. The number of nitrogens with two attached hydrogens (primary N) is 1. The van der Waals surface area contributed by atoms with Gasteiger partial charge in [0, 0.05) is 30.7 Å². The Morgan fingerprint density at radius 2 is 2.25 bits per heavy atom. The van der Waals surface area contributed by atoms with Gasteiger partial charge in [-0.1, -0.05) is 26.0 Å². The Balaban J connectivity index is 1.79. The maximum Gasteiger partial charge on any atom is 0.220 e. The fourth-order valence-corrected chi connectivity index (χ4v) is 2.80. The van der Waals surface area contributed by atoms with Crippen molar-refractivity contribution in [2.75, 3.05) is 12.8 Å². The van der Waals surface area contributed by atoms with Crippen molar-refractivity contribution in [3.05, 3.63) is 29.8 Å². The number of anilines is 1. The fourth-order valence-electron chi connectivity index (χ4n) is 2.80. The minimum atomic E-state index is 0.0155. The highest BCUT2D eigenvalue weighted by atomic mass is 16.5. The van der Waals surface area contributed by atoms with Crippen LogP contribution in [0.2, 0.25) is 0 Å². The van der Waals surface area contributed by atoms with Crippen molar-refractivity contribution in [1.29, 1.82) is 0 Å². The maximum absolute atomic E-state index is 12.0. The predicted molar refractivity (Wildman–Crippen MR) is 80.3 cm³/mol. The number of methoxy groups -OCH3 is 1. The lowest BCUT2D eigenvalue weighted by Crippen LogP contribution is -2.61. The number of aryl methyl sites for hydroxylation is 1. The number of carbonyl (C=O) groups is 1. The van der Waals surface area contributed by atoms with Gasteiger partial charge in [0.05, 0.1) is 6.10 Å². The molecule has 0 aromatic heterocycles. The van der Waals surface area contributed by atoms with Crippen LogP contribution < -0.4 is 11.1 Å². The summed E-state index contributed by atoms with van der Waals surface area (Å²) in [5.41, 5.74) is 7.58. The van der Waals surface area contributed by atoms with Gasteiger partial charge in [0.2, 0.25) is 5.91 Å². The molecule has 1 amide bonds. The number of amides is 1. The Labute approximate surface area is 120 Å². The quantitative estimate of drug-likeness (QED) is 0.810. The molecule has 1 aromatic rings. The van der Waals surface area contributed by atoms with Gasteiger partial charge in [0.15, 0.2) is 0 Å². The zero-order valence-corrected chi connectivity index (χ0v) is 12.5. The molecule has 0 spiro atoms. The predicted octanol–water partition coefficient (Wildman–Crippen LogP) is 2.13. The second-order valence-corrected chi connectivity index (χ2v) is 6.15. The highest BCUT2D eigenvalue weighted by molar-refractivity contribution is 5.76. The third-order valence-corrected chi connectivity index (χ3v) is 4.39. The molecule has 1 aromatic carbocycles. The van der Waals surface area contributed by atoms with E-state index in [0.717, 1.165) is 24.1 Å². The lowest BCUT2D eigenvalue weighted by Gasteiger charge is -2.51. The monoisotopic (exact) mass is 276 g/mol. The van der Waals surface area contributed by atoms with Crippen LogP contribution in [0.1, 0.15) is 32.3 Å². The summed E-state index contributed by atoms with van der Waals surface area (Å²) in [5.74, 6) is 0.0973. The second-order valence-electron chi connectivity index (χ2n) is 6.15. The molecule has 1 fully saturated rings. The molecule has 1 saturated carbocycles. The first kappa shape index (κ1) is 14.9. The van der Waals surface area contributed by atoms with Gasteiger partial charge in [0.1, 0.15) is 0 Å². The first-order chi connectivity index (χ1) is 9.43. The van der Waals surface area contributed by atoms with Crippen molar-refractivity contribution in [2.45, 2.75) is 45.3 Å². The van der Waals surface area contributed by atoms with Gasteiger partial charge in [-0.05, 0) is 30.5 Å². The highest BCUT2D eigenvalue weighted by Crippen LogP contribution is 2.42. The van der Waals surface area contributed by atoms with Crippen LogP contribution in [0.3, 0.4) is 0 Å². The first-order valence-electron chi connectivity index (χ1n) is 7.10. The Hall–Kier alpha value is -1.55. The summed E-state index contributed by atoms with van der Waals surface area (Å²) in [4.78, 5) is 12.0. The van der Waals surface area contributed by atoms with E-state index in [9.17, 15) is 4.79 Å². The van der Waals surface area contributed by atoms with E-state index in [4.69, 9.17) is 10.5 Å². The molecule has 0 aliphatic heterocycles. The number of rotatable bonds is 5. The molecule has 1 aliphatic carbocycles. The Kier molecular flexibility index (Phi) is 4.33. The van der Waals surface area contributed by atoms with Crippen LogP contribution in [0.5, 0.6) is 0 Å². The second kappa shape index (κ2) is 5.83. The molecule has 0 heterocycles. The minimum absolute atomic E-state index is 0.0155. The summed E-state index contributed by atoms with van der Waals surface area (Å²) in [5, 5.41) is 3.11. The van der Waals surface area contributed by atoms with E-state index in [0.29, 0.717) is 6.42 Å². The smallest absolute Gasteiger partial charge is 0.220 e. The first-order valence-corrected chi connectivity index (χ1v) is 7.10. The SMILES string of the molecule is COC1CC(NC(=O)CCc2cccc(N)c2)C1(C)C. The van der Waals surface area contributed by atoms with Gasteiger partial charge in [-0.2, -0.15) is 0 Å². The van der Waals surface area contributed by atoms with E-state index in [2.05, 4.69) is 19.2 Å². The van der Waals surface area contributed by atoms with E-state index in [1.165, 1.54) is 0 Å². The number of hydrogen-bond donors (Lipinski definition) is 2. The fraction of sp³-hybridized carbons (Fsp3) is 0.562. The van der Waals surface area contributed by atoms with Crippen molar-refractivity contribution in [1.82, 2.24) is 5.32 Å². The van der Waals surface area contributed by atoms with E-state index >= 15 is 0 Å². The number of hydrogen-bond acceptors (Lipinski definition) is 3. The summed E-state index contributed by atoms with van der Waals surface area (Å²) < 4.78 is 5.39. The van der Waals surface area contributed by atoms with Crippen molar-refractivity contribution < 1.29 is 9.53 Å². The van der Waals surface area contributed by atoms with Crippen LogP contribution in [0.4, 0.5) is 5.69 Å². The van der Waals surface area contributed by atoms with E-state index in [1.54, 1.807) is 7.11 Å². The van der Waals surface area contributed by atoms with E-state index < -0.39 is 0 Å². The van der Waals surface area contributed by atoms with Gasteiger partial charge in [0.25, 0.3) is 0 Å². The van der Waals surface area contributed by atoms with Gasteiger partial charge >= 0.3 is 0 Å². The molecule has 110 valence electrons. The van der Waals surface area contributed by atoms with Crippen LogP contribution in [0.25, 0.3) is 0 Å². The number of benzene rings is 1. The Morgan fingerprint density at radius 1 is 1.50 bits per heavy atom. The van der Waals surface area contributed by atoms with Crippen molar-refractivity contribution in [2.24, 2.45) is 5.41 Å². The number of nitrogens with one attached hydrogen (secondary N) is 1. The molecule has 0 radical (unpaired) electrons. The third kappa shape index (κ3) is 3.12. The molecule has 3 N–H and O–H groups in total. The van der Waals surface area contributed by atoms with E-state index in [1.807, 2.05) is 24.3 Å². The van der Waals surface area contributed by atoms with E-state index in [-0.39, 0.29) is 23.5 Å². The summed E-state index contributed by atoms with van der Waals surface area (Å²) in [6.45, 7) is 4.26. The summed E-state index contributed by atoms with van der Waals surface area (Å²) in [7, 11) is 1.73. The maximum atomic E-state index is 12.0. The zero-order valence-electron chi connectivity index (χ0n) is 12.5. The van der Waals surface area contributed by atoms with Crippen LogP contribution in [-0.4, -0.2) is 25.2 Å². The summed E-state index contributed by atoms with van der Waals surface area (Å²) in [6, 6.07) is 7.90. The molecule has 20 heavy (non-hydrogen) atoms. The van der Waals surface area contributed by atoms with Crippen molar-refractivity contribution in [3.63, 3.8) is 0 Å². The van der Waals surface area contributed by atoms with Crippen LogP contribution in [0.15, 0.2) is 24.3 Å². The van der Waals surface area contributed by atoms with Gasteiger partial charge < -0.3 is 15.8 Å². The number of nitrogen functional groups attached to an aromatic ring is 1. The van der Waals surface area contributed by atoms with Gasteiger partial charge in [-0.15, -0.1) is 0 Å². The Bertz CT molecular complexity index is 485. The standard InChI is InChI=1S/C16H24N2O2/c1-16(2)13(10-14(16)20-3)18-15(19)8-7-11-5-4-6-12(17)9-11/h4-6,9,13-14H,7-8,10,17H2,1-3H3,(H,18,19). The number of carbonyl (C=O) groups excluding carboxylic acids is 1. The Morgan fingerprint density at radius 3 is 2.85 bits per heavy atom. The van der Waals surface area contributed by atoms with Crippen LogP contribution >= 0.6 is 0 Å². The highest BCUT2D eigenvalue weighted by Gasteiger charge is 2.49. The minimum Gasteiger partial charge on any atom is -0.399 e. The molecular formula is C16H24N2O2. The van der Waals surface area contributed by atoms with Crippen LogP contribution in [-0.2, 0) is 16.0 Å². The molecule has 1 aliphatic rings. The van der Waals surface area contributed by atoms with Crippen LogP contribution in [0, 0.1) is 5.41 Å². The average molecular weight is 276 g/mol. The lowest BCUT2D eigenvalue weighted by molar-refractivity contribution is -0.132. The largest absolute Gasteiger partial charge is 0.399 e. The van der Waals surface area contributed by atoms with Crippen molar-refractivity contribution >= 4 is 11.6 Å². The molecule has 0 bridgehead atoms. The summed E-state index contributed by atoms with van der Waals surface area (Å²) >= 11 is 0.